The zero-order valence-corrected chi connectivity index (χ0v) is 14.0. The lowest BCUT2D eigenvalue weighted by molar-refractivity contribution is -0.116. The Morgan fingerprint density at radius 1 is 1.46 bits per heavy atom. The molecule has 0 aliphatic carbocycles. The van der Waals surface area contributed by atoms with Crippen LogP contribution in [-0.4, -0.2) is 34.6 Å². The van der Waals surface area contributed by atoms with Gasteiger partial charge < -0.3 is 10.1 Å². The van der Waals surface area contributed by atoms with Gasteiger partial charge in [0.1, 0.15) is 0 Å². The van der Waals surface area contributed by atoms with Gasteiger partial charge in [-0.2, -0.15) is 15.3 Å². The van der Waals surface area contributed by atoms with Crippen LogP contribution in [0.5, 0.6) is 0 Å². The van der Waals surface area contributed by atoms with Crippen LogP contribution in [0, 0.1) is 19.3 Å². The smallest absolute Gasteiger partial charge is 0.224 e. The SMILES string of the molecule is C#CCCC1(CCC(=O)Nc2cnn(C3CCOCC3)c2C)N=N1. The molecular weight excluding hydrogens is 306 g/mol. The van der Waals surface area contributed by atoms with E-state index >= 15 is 0 Å². The standard InChI is InChI=1S/C17H23N5O2/c1-3-4-8-17(20-21-17)9-5-16(23)19-15-12-18-22(13(15)2)14-6-10-24-11-7-14/h1,12,14H,4-11H2,2H3,(H,19,23). The molecule has 0 bridgehead atoms. The van der Waals surface area contributed by atoms with Gasteiger partial charge >= 0.3 is 0 Å². The molecule has 0 unspecified atom stereocenters. The summed E-state index contributed by atoms with van der Waals surface area (Å²) in [6.07, 6.45) is 11.2. The summed E-state index contributed by atoms with van der Waals surface area (Å²) in [5.74, 6) is 2.55. The van der Waals surface area contributed by atoms with Gasteiger partial charge in [-0.05, 0) is 19.8 Å². The zero-order valence-electron chi connectivity index (χ0n) is 14.0. The molecule has 1 aromatic heterocycles. The van der Waals surface area contributed by atoms with Crippen molar-refractivity contribution in [1.29, 1.82) is 0 Å². The second-order valence-corrected chi connectivity index (χ2v) is 6.37. The Morgan fingerprint density at radius 3 is 2.88 bits per heavy atom. The molecule has 1 N–H and O–H groups in total. The maximum Gasteiger partial charge on any atom is 0.224 e. The Kier molecular flexibility index (Phi) is 4.95. The lowest BCUT2D eigenvalue weighted by Crippen LogP contribution is -2.21. The van der Waals surface area contributed by atoms with Crippen molar-refractivity contribution in [3.05, 3.63) is 11.9 Å². The van der Waals surface area contributed by atoms with Crippen LogP contribution < -0.4 is 5.32 Å². The van der Waals surface area contributed by atoms with Crippen LogP contribution in [0.15, 0.2) is 16.4 Å². The Morgan fingerprint density at radius 2 is 2.21 bits per heavy atom. The average molecular weight is 329 g/mol. The van der Waals surface area contributed by atoms with E-state index in [1.54, 1.807) is 6.20 Å². The van der Waals surface area contributed by atoms with E-state index in [2.05, 4.69) is 26.6 Å². The summed E-state index contributed by atoms with van der Waals surface area (Å²) in [5.41, 5.74) is 1.34. The fourth-order valence-electron chi connectivity index (χ4n) is 3.04. The summed E-state index contributed by atoms with van der Waals surface area (Å²) < 4.78 is 7.39. The minimum Gasteiger partial charge on any atom is -0.381 e. The Labute approximate surface area is 141 Å². The maximum atomic E-state index is 12.2. The van der Waals surface area contributed by atoms with E-state index in [9.17, 15) is 4.79 Å². The number of aromatic nitrogens is 2. The molecule has 0 saturated carbocycles. The Hall–Kier alpha value is -2.20. The molecular formula is C17H23N5O2. The number of ether oxygens (including phenoxy) is 1. The number of nitrogens with zero attached hydrogens (tertiary/aromatic N) is 4. The number of hydrogen-bond acceptors (Lipinski definition) is 5. The van der Waals surface area contributed by atoms with Gasteiger partial charge in [0, 0.05) is 38.9 Å². The second kappa shape index (κ2) is 7.14. The zero-order chi connectivity index (χ0) is 17.0. The summed E-state index contributed by atoms with van der Waals surface area (Å²) >= 11 is 0. The summed E-state index contributed by atoms with van der Waals surface area (Å²) in [7, 11) is 0. The molecule has 3 rings (SSSR count). The first-order chi connectivity index (χ1) is 11.6. The van der Waals surface area contributed by atoms with Crippen LogP contribution >= 0.6 is 0 Å². The average Bonchev–Trinajstić information content (AvgIpc) is 3.30. The van der Waals surface area contributed by atoms with Gasteiger partial charge in [0.25, 0.3) is 0 Å². The van der Waals surface area contributed by atoms with E-state index in [4.69, 9.17) is 11.2 Å². The minimum atomic E-state index is -0.412. The van der Waals surface area contributed by atoms with Gasteiger partial charge in [0.15, 0.2) is 5.66 Å². The first kappa shape index (κ1) is 16.7. The summed E-state index contributed by atoms with van der Waals surface area (Å²) in [6.45, 7) is 3.51. The molecule has 1 amide bonds. The van der Waals surface area contributed by atoms with Gasteiger partial charge in [-0.1, -0.05) is 0 Å². The predicted octanol–water partition coefficient (Wildman–Crippen LogP) is 2.84. The largest absolute Gasteiger partial charge is 0.381 e. The Bertz CT molecular complexity index is 661. The van der Waals surface area contributed by atoms with Gasteiger partial charge in [-0.3, -0.25) is 9.48 Å². The lowest BCUT2D eigenvalue weighted by atomic mass is 10.0. The molecule has 0 atom stereocenters. The highest BCUT2D eigenvalue weighted by Crippen LogP contribution is 2.37. The molecule has 7 heteroatoms. The molecule has 7 nitrogen and oxygen atoms in total. The number of amides is 1. The second-order valence-electron chi connectivity index (χ2n) is 6.37. The number of rotatable bonds is 7. The van der Waals surface area contributed by atoms with Gasteiger partial charge in [-0.25, -0.2) is 0 Å². The number of nitrogens with one attached hydrogen (secondary N) is 1. The van der Waals surface area contributed by atoms with E-state index < -0.39 is 5.66 Å². The number of carbonyl (C=O) groups is 1. The monoisotopic (exact) mass is 329 g/mol. The molecule has 2 aliphatic rings. The fourth-order valence-corrected chi connectivity index (χ4v) is 3.04. The van der Waals surface area contributed by atoms with Crippen LogP contribution in [-0.2, 0) is 9.53 Å². The molecule has 1 aromatic rings. The summed E-state index contributed by atoms with van der Waals surface area (Å²) in [6, 6.07) is 0.348. The molecule has 0 radical (unpaired) electrons. The molecule has 128 valence electrons. The minimum absolute atomic E-state index is 0.0398. The first-order valence-corrected chi connectivity index (χ1v) is 8.43. The van der Waals surface area contributed by atoms with Crippen molar-refractivity contribution in [3.8, 4) is 12.3 Å². The molecule has 1 fully saturated rings. The summed E-state index contributed by atoms with van der Waals surface area (Å²) in [4.78, 5) is 12.2. The quantitative estimate of drug-likeness (QED) is 0.781. The van der Waals surface area contributed by atoms with Crippen molar-refractivity contribution < 1.29 is 9.53 Å². The van der Waals surface area contributed by atoms with Gasteiger partial charge in [0.05, 0.1) is 23.6 Å². The van der Waals surface area contributed by atoms with E-state index in [1.165, 1.54) is 0 Å². The third-order valence-electron chi connectivity index (χ3n) is 4.66. The lowest BCUT2D eigenvalue weighted by Gasteiger charge is -2.23. The third kappa shape index (κ3) is 3.82. The van der Waals surface area contributed by atoms with Crippen molar-refractivity contribution in [3.63, 3.8) is 0 Å². The molecule has 2 aliphatic heterocycles. The molecule has 0 aromatic carbocycles. The van der Waals surface area contributed by atoms with Gasteiger partial charge in [0.2, 0.25) is 5.91 Å². The highest BCUT2D eigenvalue weighted by atomic mass is 16.5. The topological polar surface area (TPSA) is 80.9 Å². The van der Waals surface area contributed by atoms with E-state index in [0.717, 1.165) is 43.9 Å². The van der Waals surface area contributed by atoms with Crippen LogP contribution in [0.3, 0.4) is 0 Å². The van der Waals surface area contributed by atoms with E-state index in [-0.39, 0.29) is 5.91 Å². The molecule has 24 heavy (non-hydrogen) atoms. The van der Waals surface area contributed by atoms with Crippen molar-refractivity contribution in [1.82, 2.24) is 9.78 Å². The van der Waals surface area contributed by atoms with E-state index in [1.807, 2.05) is 11.6 Å². The van der Waals surface area contributed by atoms with E-state index in [0.29, 0.717) is 25.3 Å². The number of hydrogen-bond donors (Lipinski definition) is 1. The maximum absolute atomic E-state index is 12.2. The van der Waals surface area contributed by atoms with Crippen molar-refractivity contribution in [2.75, 3.05) is 18.5 Å². The number of terminal acetylenes is 1. The third-order valence-corrected chi connectivity index (χ3v) is 4.66. The van der Waals surface area contributed by atoms with Crippen molar-refractivity contribution >= 4 is 11.6 Å². The normalized spacial score (nSPS) is 19.0. The van der Waals surface area contributed by atoms with Crippen LogP contribution in [0.2, 0.25) is 0 Å². The Balaban J connectivity index is 1.51. The number of anilines is 1. The van der Waals surface area contributed by atoms with Gasteiger partial charge in [-0.15, -0.1) is 12.3 Å². The highest BCUT2D eigenvalue weighted by Gasteiger charge is 2.39. The van der Waals surface area contributed by atoms with Crippen LogP contribution in [0.25, 0.3) is 0 Å². The highest BCUT2D eigenvalue weighted by molar-refractivity contribution is 5.91. The first-order valence-electron chi connectivity index (χ1n) is 8.43. The van der Waals surface area contributed by atoms with Crippen LogP contribution in [0.1, 0.15) is 50.3 Å². The number of carbonyl (C=O) groups excluding carboxylic acids is 1. The molecule has 0 spiro atoms. The van der Waals surface area contributed by atoms with Crippen LogP contribution in [0.4, 0.5) is 5.69 Å². The molecule has 1 saturated heterocycles. The van der Waals surface area contributed by atoms with Crippen molar-refractivity contribution in [2.45, 2.75) is 57.2 Å². The fraction of sp³-hybridized carbons (Fsp3) is 0.647. The summed E-state index contributed by atoms with van der Waals surface area (Å²) in [5, 5.41) is 15.5. The predicted molar refractivity (Wildman–Crippen MR) is 89.6 cm³/mol. The molecule has 3 heterocycles. The van der Waals surface area contributed by atoms with Crippen molar-refractivity contribution in [2.24, 2.45) is 10.2 Å².